The van der Waals surface area contributed by atoms with Crippen LogP contribution in [0.5, 0.6) is 5.75 Å². The van der Waals surface area contributed by atoms with Gasteiger partial charge in [-0.25, -0.2) is 0 Å². The fourth-order valence-corrected chi connectivity index (χ4v) is 2.27. The number of hydrogen-bond acceptors (Lipinski definition) is 2. The Kier molecular flexibility index (Phi) is 3.64. The molecule has 0 radical (unpaired) electrons. The smallest absolute Gasteiger partial charge is 0.124 e. The first-order chi connectivity index (χ1) is 8.07. The van der Waals surface area contributed by atoms with Crippen LogP contribution in [0.25, 0.3) is 0 Å². The Morgan fingerprint density at radius 1 is 1.47 bits per heavy atom. The Bertz CT molecular complexity index is 401. The molecule has 0 bridgehead atoms. The first-order valence-corrected chi connectivity index (χ1v) is 6.49. The third-order valence-electron chi connectivity index (χ3n) is 3.96. The molecule has 0 heterocycles. The largest absolute Gasteiger partial charge is 0.496 e. The molecule has 94 valence electrons. The maximum Gasteiger partial charge on any atom is 0.124 e. The van der Waals surface area contributed by atoms with E-state index in [2.05, 4.69) is 19.2 Å². The number of hydrogen-bond donors (Lipinski definition) is 1. The molecule has 1 saturated carbocycles. The summed E-state index contributed by atoms with van der Waals surface area (Å²) in [6.07, 6.45) is 2.64. The van der Waals surface area contributed by atoms with Gasteiger partial charge in [0.2, 0.25) is 0 Å². The Morgan fingerprint density at radius 2 is 2.18 bits per heavy atom. The number of ether oxygens (including phenoxy) is 1. The quantitative estimate of drug-likeness (QED) is 0.865. The molecule has 0 aliphatic heterocycles. The lowest BCUT2D eigenvalue weighted by Crippen LogP contribution is -2.32. The Morgan fingerprint density at radius 3 is 2.76 bits per heavy atom. The van der Waals surface area contributed by atoms with Gasteiger partial charge < -0.3 is 10.1 Å². The van der Waals surface area contributed by atoms with E-state index in [0.29, 0.717) is 11.5 Å². The standard InChI is InChI=1S/C14H20ClNO/c1-10(14(2)7-8-14)16-9-11-12(15)5-4-6-13(11)17-3/h4-6,10,16H,7-9H2,1-3H3. The summed E-state index contributed by atoms with van der Waals surface area (Å²) in [4.78, 5) is 0. The van der Waals surface area contributed by atoms with Crippen molar-refractivity contribution in [3.05, 3.63) is 28.8 Å². The van der Waals surface area contributed by atoms with E-state index in [1.54, 1.807) is 7.11 Å². The van der Waals surface area contributed by atoms with Gasteiger partial charge in [-0.15, -0.1) is 0 Å². The van der Waals surface area contributed by atoms with E-state index in [1.807, 2.05) is 18.2 Å². The molecule has 1 unspecified atom stereocenters. The average molecular weight is 254 g/mol. The molecular weight excluding hydrogens is 234 g/mol. The first-order valence-electron chi connectivity index (χ1n) is 6.11. The molecule has 1 aliphatic carbocycles. The van der Waals surface area contributed by atoms with Crippen LogP contribution in [0.4, 0.5) is 0 Å². The van der Waals surface area contributed by atoms with Crippen molar-refractivity contribution in [2.45, 2.75) is 39.3 Å². The van der Waals surface area contributed by atoms with Gasteiger partial charge in [0.05, 0.1) is 7.11 Å². The molecule has 1 fully saturated rings. The maximum absolute atomic E-state index is 6.20. The van der Waals surface area contributed by atoms with E-state index in [-0.39, 0.29) is 0 Å². The molecular formula is C14H20ClNO. The van der Waals surface area contributed by atoms with Crippen molar-refractivity contribution in [2.24, 2.45) is 5.41 Å². The Hall–Kier alpha value is -0.730. The molecule has 2 nitrogen and oxygen atoms in total. The fourth-order valence-electron chi connectivity index (χ4n) is 2.03. The zero-order chi connectivity index (χ0) is 12.5. The van der Waals surface area contributed by atoms with E-state index in [1.165, 1.54) is 12.8 Å². The molecule has 3 heteroatoms. The average Bonchev–Trinajstić information content (AvgIpc) is 3.06. The van der Waals surface area contributed by atoms with Crippen molar-refractivity contribution in [3.8, 4) is 5.75 Å². The van der Waals surface area contributed by atoms with Gasteiger partial charge in [0, 0.05) is 23.2 Å². The van der Waals surface area contributed by atoms with Crippen LogP contribution < -0.4 is 10.1 Å². The monoisotopic (exact) mass is 253 g/mol. The minimum Gasteiger partial charge on any atom is -0.496 e. The highest BCUT2D eigenvalue weighted by atomic mass is 35.5. The third kappa shape index (κ3) is 2.75. The van der Waals surface area contributed by atoms with Crippen molar-refractivity contribution in [1.29, 1.82) is 0 Å². The van der Waals surface area contributed by atoms with Gasteiger partial charge >= 0.3 is 0 Å². The summed E-state index contributed by atoms with van der Waals surface area (Å²) in [6.45, 7) is 5.34. The van der Waals surface area contributed by atoms with Crippen LogP contribution in [0.3, 0.4) is 0 Å². The molecule has 2 rings (SSSR count). The highest BCUT2D eigenvalue weighted by Gasteiger charge is 2.42. The molecule has 17 heavy (non-hydrogen) atoms. The summed E-state index contributed by atoms with van der Waals surface area (Å²) in [6, 6.07) is 6.29. The number of halogens is 1. The van der Waals surface area contributed by atoms with Crippen molar-refractivity contribution in [2.75, 3.05) is 7.11 Å². The molecule has 0 saturated heterocycles. The van der Waals surface area contributed by atoms with E-state index < -0.39 is 0 Å². The van der Waals surface area contributed by atoms with Gasteiger partial charge in [-0.3, -0.25) is 0 Å². The second-order valence-electron chi connectivity index (χ2n) is 5.18. The second kappa shape index (κ2) is 4.87. The highest BCUT2D eigenvalue weighted by Crippen LogP contribution is 2.48. The predicted octanol–water partition coefficient (Wildman–Crippen LogP) is 3.63. The summed E-state index contributed by atoms with van der Waals surface area (Å²) in [5, 5.41) is 4.32. The number of nitrogens with one attached hydrogen (secondary N) is 1. The lowest BCUT2D eigenvalue weighted by molar-refractivity contribution is 0.370. The molecule has 0 spiro atoms. The molecule has 1 atom stereocenters. The molecule has 1 aromatic rings. The summed E-state index contributed by atoms with van der Waals surface area (Å²) in [7, 11) is 1.68. The van der Waals surface area contributed by atoms with Crippen molar-refractivity contribution < 1.29 is 4.74 Å². The van der Waals surface area contributed by atoms with Gasteiger partial charge in [0.1, 0.15) is 5.75 Å². The number of benzene rings is 1. The van der Waals surface area contributed by atoms with Crippen LogP contribution >= 0.6 is 11.6 Å². The van der Waals surface area contributed by atoms with Gasteiger partial charge in [0.25, 0.3) is 0 Å². The van der Waals surface area contributed by atoms with Crippen LogP contribution in [0, 0.1) is 5.41 Å². The normalized spacial score (nSPS) is 18.8. The SMILES string of the molecule is COc1cccc(Cl)c1CNC(C)C1(C)CC1. The van der Waals surface area contributed by atoms with Crippen molar-refractivity contribution in [3.63, 3.8) is 0 Å². The Labute approximate surface area is 108 Å². The maximum atomic E-state index is 6.20. The lowest BCUT2D eigenvalue weighted by atomic mass is 10.0. The Balaban J connectivity index is 2.03. The molecule has 0 amide bonds. The predicted molar refractivity (Wildman–Crippen MR) is 71.6 cm³/mol. The van der Waals surface area contributed by atoms with Crippen LogP contribution in [0.15, 0.2) is 18.2 Å². The fraction of sp³-hybridized carbons (Fsp3) is 0.571. The third-order valence-corrected chi connectivity index (χ3v) is 4.32. The molecule has 0 aromatic heterocycles. The zero-order valence-electron chi connectivity index (χ0n) is 10.7. The summed E-state index contributed by atoms with van der Waals surface area (Å²) in [5.41, 5.74) is 1.53. The van der Waals surface area contributed by atoms with Crippen LogP contribution in [-0.2, 0) is 6.54 Å². The van der Waals surface area contributed by atoms with Crippen LogP contribution in [-0.4, -0.2) is 13.2 Å². The molecule has 1 N–H and O–H groups in total. The van der Waals surface area contributed by atoms with E-state index in [0.717, 1.165) is 22.9 Å². The van der Waals surface area contributed by atoms with E-state index in [4.69, 9.17) is 16.3 Å². The number of rotatable bonds is 5. The zero-order valence-corrected chi connectivity index (χ0v) is 11.5. The van der Waals surface area contributed by atoms with Crippen molar-refractivity contribution >= 4 is 11.6 Å². The minimum atomic E-state index is 0.481. The minimum absolute atomic E-state index is 0.481. The first kappa shape index (κ1) is 12.7. The summed E-state index contributed by atoms with van der Waals surface area (Å²) >= 11 is 6.20. The number of methoxy groups -OCH3 is 1. The topological polar surface area (TPSA) is 21.3 Å². The van der Waals surface area contributed by atoms with Gasteiger partial charge in [0.15, 0.2) is 0 Å². The van der Waals surface area contributed by atoms with Gasteiger partial charge in [-0.1, -0.05) is 24.6 Å². The van der Waals surface area contributed by atoms with Crippen molar-refractivity contribution in [1.82, 2.24) is 5.32 Å². The summed E-state index contributed by atoms with van der Waals surface area (Å²) in [5.74, 6) is 0.859. The second-order valence-corrected chi connectivity index (χ2v) is 5.58. The van der Waals surface area contributed by atoms with Crippen LogP contribution in [0.1, 0.15) is 32.3 Å². The van der Waals surface area contributed by atoms with Gasteiger partial charge in [-0.05, 0) is 37.3 Å². The highest BCUT2D eigenvalue weighted by molar-refractivity contribution is 6.31. The van der Waals surface area contributed by atoms with E-state index >= 15 is 0 Å². The lowest BCUT2D eigenvalue weighted by Gasteiger charge is -2.21. The van der Waals surface area contributed by atoms with E-state index in [9.17, 15) is 0 Å². The van der Waals surface area contributed by atoms with Gasteiger partial charge in [-0.2, -0.15) is 0 Å². The molecule has 1 aliphatic rings. The molecule has 1 aromatic carbocycles. The van der Waals surface area contributed by atoms with Crippen LogP contribution in [0.2, 0.25) is 5.02 Å². The summed E-state index contributed by atoms with van der Waals surface area (Å²) < 4.78 is 5.34.